The van der Waals surface area contributed by atoms with Gasteiger partial charge in [-0.15, -0.1) is 0 Å². The second-order valence-electron chi connectivity index (χ2n) is 7.08. The van der Waals surface area contributed by atoms with Gasteiger partial charge in [-0.3, -0.25) is 10.1 Å². The predicted octanol–water partition coefficient (Wildman–Crippen LogP) is 5.89. The Morgan fingerprint density at radius 2 is 1.51 bits per heavy atom. The Labute approximate surface area is 210 Å². The van der Waals surface area contributed by atoms with E-state index in [2.05, 4.69) is 36.1 Å². The predicted molar refractivity (Wildman–Crippen MR) is 138 cm³/mol. The van der Waals surface area contributed by atoms with Gasteiger partial charge in [0.1, 0.15) is 0 Å². The van der Waals surface area contributed by atoms with Crippen LogP contribution in [0.15, 0.2) is 77.9 Å². The second kappa shape index (κ2) is 11.2. The van der Waals surface area contributed by atoms with Crippen molar-refractivity contribution in [3.05, 3.63) is 104 Å². The summed E-state index contributed by atoms with van der Waals surface area (Å²) in [4.78, 5) is 23.5. The topological polar surface area (TPSA) is 130 Å². The average Bonchev–Trinajstić information content (AvgIpc) is 2.85. The minimum atomic E-state index is -0.469. The number of rotatable bonds is 9. The summed E-state index contributed by atoms with van der Waals surface area (Å²) in [7, 11) is 0. The van der Waals surface area contributed by atoms with Gasteiger partial charge in [0.2, 0.25) is 17.8 Å². The number of hydrogen-bond donors (Lipinski definition) is 3. The highest BCUT2D eigenvalue weighted by Crippen LogP contribution is 2.23. The third-order valence-electron chi connectivity index (χ3n) is 4.62. The molecule has 3 aromatic carbocycles. The molecule has 0 bridgehead atoms. The van der Waals surface area contributed by atoms with Crippen LogP contribution in [-0.4, -0.2) is 26.1 Å². The largest absolute Gasteiger partial charge is 0.350 e. The maximum absolute atomic E-state index is 10.9. The molecule has 0 aliphatic rings. The van der Waals surface area contributed by atoms with Crippen molar-refractivity contribution in [2.24, 2.45) is 5.10 Å². The molecule has 35 heavy (non-hydrogen) atoms. The Hall–Kier alpha value is -4.28. The maximum atomic E-state index is 10.9. The van der Waals surface area contributed by atoms with E-state index in [1.807, 2.05) is 30.3 Å². The number of nitrogens with one attached hydrogen (secondary N) is 3. The van der Waals surface area contributed by atoms with Crippen molar-refractivity contribution < 1.29 is 4.92 Å². The van der Waals surface area contributed by atoms with Gasteiger partial charge in [0.05, 0.1) is 21.2 Å². The van der Waals surface area contributed by atoms with E-state index in [1.165, 1.54) is 18.3 Å². The van der Waals surface area contributed by atoms with E-state index in [0.29, 0.717) is 33.8 Å². The van der Waals surface area contributed by atoms with Crippen LogP contribution in [0.4, 0.5) is 29.2 Å². The van der Waals surface area contributed by atoms with E-state index in [0.717, 1.165) is 5.56 Å². The molecular weight excluding hydrogens is 491 g/mol. The Kier molecular flexibility index (Phi) is 7.66. The van der Waals surface area contributed by atoms with Crippen molar-refractivity contribution >= 4 is 58.6 Å². The molecule has 12 heteroatoms. The molecule has 0 aliphatic carbocycles. The number of hydrazone groups is 1. The summed E-state index contributed by atoms with van der Waals surface area (Å²) in [5, 5.41) is 22.1. The summed E-state index contributed by atoms with van der Waals surface area (Å²) in [6.07, 6.45) is 1.47. The van der Waals surface area contributed by atoms with Crippen LogP contribution >= 0.6 is 23.2 Å². The van der Waals surface area contributed by atoms with Gasteiger partial charge in [-0.25, -0.2) is 5.43 Å². The van der Waals surface area contributed by atoms with Gasteiger partial charge in [0.25, 0.3) is 5.69 Å². The number of aromatic nitrogens is 3. The number of nitro groups is 1. The van der Waals surface area contributed by atoms with Crippen molar-refractivity contribution in [1.29, 1.82) is 0 Å². The van der Waals surface area contributed by atoms with Crippen molar-refractivity contribution in [2.75, 3.05) is 16.1 Å². The molecule has 0 spiro atoms. The molecule has 0 amide bonds. The highest BCUT2D eigenvalue weighted by molar-refractivity contribution is 6.38. The van der Waals surface area contributed by atoms with Crippen LogP contribution in [0.2, 0.25) is 10.0 Å². The van der Waals surface area contributed by atoms with Crippen molar-refractivity contribution in [3.63, 3.8) is 0 Å². The lowest BCUT2D eigenvalue weighted by atomic mass is 10.2. The molecule has 0 unspecified atom stereocenters. The first-order chi connectivity index (χ1) is 17.0. The van der Waals surface area contributed by atoms with Crippen molar-refractivity contribution in [1.82, 2.24) is 15.0 Å². The molecular formula is C23H18Cl2N8O2. The monoisotopic (exact) mass is 508 g/mol. The van der Waals surface area contributed by atoms with E-state index < -0.39 is 4.92 Å². The molecule has 4 rings (SSSR count). The number of non-ortho nitro benzene ring substituents is 1. The Morgan fingerprint density at radius 1 is 0.857 bits per heavy atom. The molecule has 0 atom stereocenters. The molecule has 0 fully saturated rings. The van der Waals surface area contributed by atoms with Crippen LogP contribution in [-0.2, 0) is 6.54 Å². The number of nitro benzene ring substituents is 1. The highest BCUT2D eigenvalue weighted by Gasteiger charge is 2.09. The Balaban J connectivity index is 1.56. The minimum Gasteiger partial charge on any atom is -0.350 e. The summed E-state index contributed by atoms with van der Waals surface area (Å²) in [6, 6.07) is 20.8. The van der Waals surface area contributed by atoms with Gasteiger partial charge in [-0.1, -0.05) is 59.6 Å². The van der Waals surface area contributed by atoms with E-state index in [9.17, 15) is 10.1 Å². The van der Waals surface area contributed by atoms with Gasteiger partial charge >= 0.3 is 0 Å². The lowest BCUT2D eigenvalue weighted by Crippen LogP contribution is -2.09. The molecule has 0 saturated carbocycles. The van der Waals surface area contributed by atoms with E-state index >= 15 is 0 Å². The van der Waals surface area contributed by atoms with E-state index in [-0.39, 0.29) is 17.6 Å². The summed E-state index contributed by atoms with van der Waals surface area (Å²) in [5.74, 6) is 0.652. The zero-order chi connectivity index (χ0) is 24.6. The van der Waals surface area contributed by atoms with Gasteiger partial charge in [-0.2, -0.15) is 20.1 Å². The number of halogens is 2. The summed E-state index contributed by atoms with van der Waals surface area (Å²) in [5.41, 5.74) is 4.88. The number of nitrogens with zero attached hydrogens (tertiary/aromatic N) is 5. The number of anilines is 4. The summed E-state index contributed by atoms with van der Waals surface area (Å²) < 4.78 is 0. The lowest BCUT2D eigenvalue weighted by Gasteiger charge is -2.10. The molecule has 0 saturated heterocycles. The quantitative estimate of drug-likeness (QED) is 0.145. The molecule has 1 aromatic heterocycles. The fraction of sp³-hybridized carbons (Fsp3) is 0.0435. The van der Waals surface area contributed by atoms with Gasteiger partial charge in [-0.05, 0) is 29.8 Å². The third-order valence-corrected chi connectivity index (χ3v) is 5.28. The number of benzene rings is 3. The Bertz CT molecular complexity index is 1330. The minimum absolute atomic E-state index is 0.0219. The normalized spacial score (nSPS) is 10.8. The van der Waals surface area contributed by atoms with Crippen LogP contribution in [0.25, 0.3) is 0 Å². The van der Waals surface area contributed by atoms with E-state index in [1.54, 1.807) is 30.3 Å². The van der Waals surface area contributed by atoms with Crippen molar-refractivity contribution in [2.45, 2.75) is 6.54 Å². The van der Waals surface area contributed by atoms with Crippen LogP contribution in [0.5, 0.6) is 0 Å². The molecule has 4 aromatic rings. The Morgan fingerprint density at radius 3 is 2.20 bits per heavy atom. The summed E-state index contributed by atoms with van der Waals surface area (Å²) in [6.45, 7) is 0.486. The van der Waals surface area contributed by atoms with Crippen LogP contribution in [0.3, 0.4) is 0 Å². The molecule has 0 radical (unpaired) electrons. The van der Waals surface area contributed by atoms with Crippen molar-refractivity contribution in [3.8, 4) is 0 Å². The fourth-order valence-electron chi connectivity index (χ4n) is 2.92. The smallest absolute Gasteiger partial charge is 0.269 e. The molecule has 1 heterocycles. The lowest BCUT2D eigenvalue weighted by molar-refractivity contribution is -0.384. The highest BCUT2D eigenvalue weighted by atomic mass is 35.5. The first kappa shape index (κ1) is 23.9. The van der Waals surface area contributed by atoms with Crippen LogP contribution in [0, 0.1) is 10.1 Å². The zero-order valence-corrected chi connectivity index (χ0v) is 19.5. The molecule has 3 N–H and O–H groups in total. The standard InChI is InChI=1S/C23H18Cl2N8O2/c24-19-7-4-8-20(25)18(19)14-27-32-23-30-21(26-13-15-5-2-1-3-6-15)29-22(31-23)28-16-9-11-17(12-10-16)33(34)35/h1-12,14H,13H2,(H3,26,28,29,30,31,32)/b27-14+. The fourth-order valence-corrected chi connectivity index (χ4v) is 3.42. The molecule has 176 valence electrons. The second-order valence-corrected chi connectivity index (χ2v) is 7.89. The van der Waals surface area contributed by atoms with Gasteiger partial charge in [0, 0.05) is 29.9 Å². The first-order valence-corrected chi connectivity index (χ1v) is 11.0. The van der Waals surface area contributed by atoms with Gasteiger partial charge < -0.3 is 10.6 Å². The summed E-state index contributed by atoms with van der Waals surface area (Å²) >= 11 is 12.4. The maximum Gasteiger partial charge on any atom is 0.269 e. The SMILES string of the molecule is O=[N+]([O-])c1ccc(Nc2nc(NCc3ccccc3)nc(N/N=C/c3c(Cl)cccc3Cl)n2)cc1. The first-order valence-electron chi connectivity index (χ1n) is 10.3. The van der Waals surface area contributed by atoms with Crippen LogP contribution < -0.4 is 16.1 Å². The zero-order valence-electron chi connectivity index (χ0n) is 18.0. The third kappa shape index (κ3) is 6.62. The molecule has 10 nitrogen and oxygen atoms in total. The molecule has 0 aliphatic heterocycles. The number of hydrogen-bond acceptors (Lipinski definition) is 9. The van der Waals surface area contributed by atoms with Gasteiger partial charge in [0.15, 0.2) is 0 Å². The van der Waals surface area contributed by atoms with E-state index in [4.69, 9.17) is 23.2 Å². The van der Waals surface area contributed by atoms with Crippen LogP contribution in [0.1, 0.15) is 11.1 Å². The average molecular weight is 509 g/mol.